The van der Waals surface area contributed by atoms with Crippen molar-refractivity contribution >= 4 is 52.4 Å². The van der Waals surface area contributed by atoms with E-state index < -0.39 is 29.3 Å². The van der Waals surface area contributed by atoms with Crippen LogP contribution in [0, 0.1) is 10.8 Å². The van der Waals surface area contributed by atoms with Crippen LogP contribution in [0.2, 0.25) is 10.0 Å². The van der Waals surface area contributed by atoms with Crippen LogP contribution in [0.25, 0.3) is 11.1 Å². The molecule has 2 bridgehead atoms. The van der Waals surface area contributed by atoms with Gasteiger partial charge in [0.15, 0.2) is 11.6 Å². The summed E-state index contributed by atoms with van der Waals surface area (Å²) in [7, 11) is 3.69. The molecule has 1 atom stereocenters. The molecule has 55 heavy (non-hydrogen) atoms. The van der Waals surface area contributed by atoms with Crippen LogP contribution >= 0.6 is 23.2 Å². The summed E-state index contributed by atoms with van der Waals surface area (Å²) in [6, 6.07) is 10.6. The normalized spacial score (nSPS) is 22.7. The predicted octanol–water partition coefficient (Wildman–Crippen LogP) is 5.76. The maximum absolute atomic E-state index is 13.7. The molecule has 0 radical (unpaired) electrons. The number of carboxylic acids is 1. The lowest BCUT2D eigenvalue weighted by molar-refractivity contribution is -0.148. The van der Waals surface area contributed by atoms with Gasteiger partial charge in [-0.05, 0) is 56.6 Å². The summed E-state index contributed by atoms with van der Waals surface area (Å²) in [5, 5.41) is 26.2. The van der Waals surface area contributed by atoms with Crippen LogP contribution < -0.4 is 10.6 Å². The maximum Gasteiger partial charge on any atom is 0.309 e. The molecule has 4 aliphatic rings. The highest BCUT2D eigenvalue weighted by Gasteiger charge is 2.58. The van der Waals surface area contributed by atoms with Gasteiger partial charge < -0.3 is 30.0 Å². The van der Waals surface area contributed by atoms with Crippen LogP contribution in [-0.4, -0.2) is 89.2 Å². The molecule has 0 saturated heterocycles. The second kappa shape index (κ2) is 14.3. The molecule has 2 aromatic carbocycles. The Morgan fingerprint density at radius 3 is 1.76 bits per heavy atom. The minimum Gasteiger partial charge on any atom is -0.481 e. The number of imidazole rings is 2. The molecule has 15 heteroatoms. The van der Waals surface area contributed by atoms with Crippen molar-refractivity contribution in [1.82, 2.24) is 28.9 Å². The second-order valence-electron chi connectivity index (χ2n) is 16.1. The molecule has 0 spiro atoms. The van der Waals surface area contributed by atoms with Gasteiger partial charge in [0.25, 0.3) is 11.8 Å². The minimum absolute atomic E-state index is 0.0442. The summed E-state index contributed by atoms with van der Waals surface area (Å²) in [6.45, 7) is 5.93. The number of benzene rings is 2. The lowest BCUT2D eigenvalue weighted by Crippen LogP contribution is -2.39. The minimum atomic E-state index is -0.651. The number of carboxylic acid groups (broad SMARTS) is 1. The first-order valence-corrected chi connectivity index (χ1v) is 19.7. The number of aliphatic hydroxyl groups excluding tert-OH is 1. The number of rotatable bonds is 10. The molecular formula is C40H46Cl2N8O5. The molecule has 0 unspecified atom stereocenters. The second-order valence-corrected chi connectivity index (χ2v) is 16.8. The van der Waals surface area contributed by atoms with Crippen LogP contribution in [0.4, 0.5) is 11.4 Å². The van der Waals surface area contributed by atoms with Crippen molar-refractivity contribution in [2.75, 3.05) is 36.8 Å². The van der Waals surface area contributed by atoms with Crippen LogP contribution in [-0.2, 0) is 44.8 Å². The summed E-state index contributed by atoms with van der Waals surface area (Å²) in [5.74, 6) is -0.888. The fraction of sp³-hybridized carbons (Fsp3) is 0.475. The SMILES string of the molecule is C[C@@H](O)CN1CCc2c(nc(C(=O)Nc3cccc(-c4cccc(NC(=O)c5nc6c(n5C)CCN(CC57CCC(C(=O)O)(CC5)C7)C6)c4Cl)c3Cl)n2C)C1. The number of anilines is 2. The number of fused-ring (bicyclic) bond motifs is 4. The number of hydrogen-bond acceptors (Lipinski definition) is 8. The molecule has 4 heterocycles. The van der Waals surface area contributed by atoms with E-state index in [1.165, 1.54) is 0 Å². The largest absolute Gasteiger partial charge is 0.481 e. The molecular weight excluding hydrogens is 743 g/mol. The predicted molar refractivity (Wildman–Crippen MR) is 209 cm³/mol. The third-order valence-corrected chi connectivity index (χ3v) is 13.2. The Bertz CT molecular complexity index is 2200. The van der Waals surface area contributed by atoms with E-state index in [9.17, 15) is 24.6 Å². The van der Waals surface area contributed by atoms with Gasteiger partial charge >= 0.3 is 5.97 Å². The smallest absolute Gasteiger partial charge is 0.309 e. The van der Waals surface area contributed by atoms with E-state index in [1.807, 2.05) is 23.2 Å². The third-order valence-electron chi connectivity index (χ3n) is 12.4. The molecule has 2 fully saturated rings. The van der Waals surface area contributed by atoms with Crippen molar-refractivity contribution in [3.8, 4) is 11.1 Å². The van der Waals surface area contributed by atoms with Gasteiger partial charge in [0.2, 0.25) is 0 Å². The number of halogens is 2. The number of carbonyl (C=O) groups excluding carboxylic acids is 2. The summed E-state index contributed by atoms with van der Waals surface area (Å²) in [5.41, 5.74) is 5.12. The molecule has 2 aliphatic carbocycles. The first-order valence-electron chi connectivity index (χ1n) is 18.9. The van der Waals surface area contributed by atoms with Crippen molar-refractivity contribution < 1.29 is 24.6 Å². The maximum atomic E-state index is 13.7. The van der Waals surface area contributed by atoms with E-state index >= 15 is 0 Å². The van der Waals surface area contributed by atoms with Crippen molar-refractivity contribution in [3.63, 3.8) is 0 Å². The van der Waals surface area contributed by atoms with Gasteiger partial charge in [-0.25, -0.2) is 9.97 Å². The zero-order valence-electron chi connectivity index (χ0n) is 31.3. The number of nitrogens with zero attached hydrogens (tertiary/aromatic N) is 6. The van der Waals surface area contributed by atoms with E-state index in [0.717, 1.165) is 87.4 Å². The number of nitrogens with one attached hydrogen (secondary N) is 2. The van der Waals surface area contributed by atoms with Crippen LogP contribution in [0.15, 0.2) is 36.4 Å². The molecule has 290 valence electrons. The fourth-order valence-corrected chi connectivity index (χ4v) is 10.1. The first-order chi connectivity index (χ1) is 26.3. The van der Waals surface area contributed by atoms with Gasteiger partial charge in [0.1, 0.15) is 0 Å². The molecule has 2 amide bonds. The van der Waals surface area contributed by atoms with Gasteiger partial charge in [-0.1, -0.05) is 47.5 Å². The summed E-state index contributed by atoms with van der Waals surface area (Å²) < 4.78 is 3.67. The summed E-state index contributed by atoms with van der Waals surface area (Å²) in [6.07, 6.45) is 5.17. The standard InChI is InChI=1S/C40H46Cl2N8O5/c1-23(51)18-49-16-10-30-28(19-49)43-34(47(30)2)36(52)45-26-8-4-6-24(32(26)41)25-7-5-9-27(33(25)42)46-37(53)35-44-29-20-50(17-11-31(29)48(35)3)22-39-12-14-40(21-39,15-13-39)38(54)55/h4-9,23,51H,10-22H2,1-3H3,(H,45,52)(H,46,53)(H,54,55)/t23-,39?,40?/m1/s1. The van der Waals surface area contributed by atoms with Crippen molar-refractivity contribution in [2.45, 2.75) is 71.1 Å². The third kappa shape index (κ3) is 6.84. The van der Waals surface area contributed by atoms with E-state index in [2.05, 4.69) is 25.4 Å². The van der Waals surface area contributed by atoms with Crippen molar-refractivity contribution in [1.29, 1.82) is 0 Å². The average Bonchev–Trinajstić information content (AvgIpc) is 3.90. The highest BCUT2D eigenvalue weighted by atomic mass is 35.5. The lowest BCUT2D eigenvalue weighted by atomic mass is 9.81. The summed E-state index contributed by atoms with van der Waals surface area (Å²) >= 11 is 13.9. The molecule has 2 aliphatic heterocycles. The van der Waals surface area contributed by atoms with Gasteiger partial charge in [-0.2, -0.15) is 0 Å². The van der Waals surface area contributed by atoms with E-state index in [4.69, 9.17) is 28.2 Å². The van der Waals surface area contributed by atoms with E-state index in [1.54, 1.807) is 43.3 Å². The topological polar surface area (TPSA) is 158 Å². The molecule has 4 aromatic rings. The quantitative estimate of drug-likeness (QED) is 0.157. The highest BCUT2D eigenvalue weighted by molar-refractivity contribution is 6.40. The Morgan fingerprint density at radius 1 is 0.800 bits per heavy atom. The van der Waals surface area contributed by atoms with Gasteiger partial charge in [-0.15, -0.1) is 0 Å². The van der Waals surface area contributed by atoms with E-state index in [-0.39, 0.29) is 27.1 Å². The Morgan fingerprint density at radius 2 is 1.29 bits per heavy atom. The fourth-order valence-electron chi connectivity index (χ4n) is 9.57. The van der Waals surface area contributed by atoms with Crippen LogP contribution in [0.1, 0.15) is 83.0 Å². The molecule has 4 N–H and O–H groups in total. The van der Waals surface area contributed by atoms with Crippen LogP contribution in [0.3, 0.4) is 0 Å². The number of aromatic nitrogens is 4. The molecule has 2 saturated carbocycles. The summed E-state index contributed by atoms with van der Waals surface area (Å²) in [4.78, 5) is 53.2. The first kappa shape index (κ1) is 37.6. The number of hydrogen-bond donors (Lipinski definition) is 4. The number of amides is 2. The Kier molecular flexibility index (Phi) is 9.82. The number of aliphatic hydroxyl groups is 1. The zero-order valence-corrected chi connectivity index (χ0v) is 32.8. The molecule has 13 nitrogen and oxygen atoms in total. The van der Waals surface area contributed by atoms with Gasteiger partial charge in [0.05, 0.1) is 44.3 Å². The highest BCUT2D eigenvalue weighted by Crippen LogP contribution is 2.62. The van der Waals surface area contributed by atoms with Gasteiger partial charge in [-0.3, -0.25) is 24.2 Å². The Labute approximate surface area is 329 Å². The lowest BCUT2D eigenvalue weighted by Gasteiger charge is -2.35. The van der Waals surface area contributed by atoms with Gasteiger partial charge in [0, 0.05) is 88.7 Å². The number of carbonyl (C=O) groups is 3. The van der Waals surface area contributed by atoms with Crippen LogP contribution in [0.5, 0.6) is 0 Å². The van der Waals surface area contributed by atoms with E-state index in [0.29, 0.717) is 42.1 Å². The number of aliphatic carboxylic acids is 1. The Balaban J connectivity index is 0.959. The average molecular weight is 790 g/mol. The molecule has 2 aromatic heterocycles. The van der Waals surface area contributed by atoms with Crippen molar-refractivity contribution in [2.24, 2.45) is 24.9 Å². The number of β-amino-alcohol motifs (C(OH)–C–C–N with tert-alkyl or cyclic N) is 1. The monoisotopic (exact) mass is 788 g/mol. The Hall–Kier alpha value is -4.27. The van der Waals surface area contributed by atoms with Crippen molar-refractivity contribution in [3.05, 3.63) is 80.9 Å². The molecule has 8 rings (SSSR count). The zero-order chi connectivity index (χ0) is 38.8.